The second-order valence-corrected chi connectivity index (χ2v) is 11.1. The molecular weight excluding hydrogens is 458 g/mol. The number of aromatic nitrogens is 1. The lowest BCUT2D eigenvalue weighted by molar-refractivity contribution is -0.116. The van der Waals surface area contributed by atoms with Crippen LogP contribution in [0.1, 0.15) is 24.1 Å². The molecular formula is C24H27N3O4S2. The third kappa shape index (κ3) is 5.61. The standard InChI is InChI=1S/C24H27N3O4S2/c1-18-17-32-24(29)27(18)16-23(28)25-21-7-9-22(10-8-21)33(30,31)26-13-11-20(12-14-26)15-19-5-3-2-4-6-19/h2-10,17,20H,11-16H2,1H3,(H,25,28). The van der Waals surface area contributed by atoms with Crippen molar-refractivity contribution in [3.05, 3.63) is 80.9 Å². The SMILES string of the molecule is Cc1csc(=O)n1CC(=O)Nc1ccc(S(=O)(=O)N2CCC(Cc3ccccc3)CC2)cc1. The van der Waals surface area contributed by atoms with Crippen molar-refractivity contribution in [1.82, 2.24) is 8.87 Å². The van der Waals surface area contributed by atoms with Gasteiger partial charge in [0.15, 0.2) is 0 Å². The van der Waals surface area contributed by atoms with E-state index < -0.39 is 10.0 Å². The summed E-state index contributed by atoms with van der Waals surface area (Å²) in [5.41, 5.74) is 2.51. The molecule has 174 valence electrons. The highest BCUT2D eigenvalue weighted by Gasteiger charge is 2.29. The number of amides is 1. The number of sulfonamides is 1. The molecule has 0 aliphatic carbocycles. The minimum Gasteiger partial charge on any atom is -0.325 e. The van der Waals surface area contributed by atoms with Crippen LogP contribution < -0.4 is 10.2 Å². The lowest BCUT2D eigenvalue weighted by Crippen LogP contribution is -2.38. The van der Waals surface area contributed by atoms with Crippen molar-refractivity contribution in [3.63, 3.8) is 0 Å². The molecule has 2 aromatic carbocycles. The van der Waals surface area contributed by atoms with E-state index in [1.807, 2.05) is 18.2 Å². The van der Waals surface area contributed by atoms with Gasteiger partial charge in [-0.3, -0.25) is 14.2 Å². The topological polar surface area (TPSA) is 88.5 Å². The van der Waals surface area contributed by atoms with Gasteiger partial charge >= 0.3 is 4.87 Å². The minimum atomic E-state index is -3.58. The number of piperidine rings is 1. The largest absolute Gasteiger partial charge is 0.325 e. The van der Waals surface area contributed by atoms with Gasteiger partial charge in [-0.1, -0.05) is 41.7 Å². The van der Waals surface area contributed by atoms with Gasteiger partial charge in [0.25, 0.3) is 0 Å². The Hall–Kier alpha value is -2.75. The first-order chi connectivity index (χ1) is 15.8. The lowest BCUT2D eigenvalue weighted by Gasteiger charge is -2.31. The Labute approximate surface area is 197 Å². The number of rotatable bonds is 7. The average molecular weight is 486 g/mol. The van der Waals surface area contributed by atoms with Crippen molar-refractivity contribution < 1.29 is 13.2 Å². The van der Waals surface area contributed by atoms with E-state index in [9.17, 15) is 18.0 Å². The van der Waals surface area contributed by atoms with Gasteiger partial charge in [-0.15, -0.1) is 0 Å². The molecule has 33 heavy (non-hydrogen) atoms. The highest BCUT2D eigenvalue weighted by atomic mass is 32.2. The molecule has 0 unspecified atom stereocenters. The van der Waals surface area contributed by atoms with Gasteiger partial charge in [0, 0.05) is 29.9 Å². The van der Waals surface area contributed by atoms with E-state index in [-0.39, 0.29) is 22.2 Å². The fraction of sp³-hybridized carbons (Fsp3) is 0.333. The van der Waals surface area contributed by atoms with Crippen molar-refractivity contribution >= 4 is 33.0 Å². The molecule has 0 spiro atoms. The van der Waals surface area contributed by atoms with E-state index in [2.05, 4.69) is 17.4 Å². The number of anilines is 1. The maximum atomic E-state index is 13.1. The number of benzene rings is 2. The Morgan fingerprint density at radius 2 is 1.73 bits per heavy atom. The van der Waals surface area contributed by atoms with Crippen LogP contribution in [0.5, 0.6) is 0 Å². The molecule has 7 nitrogen and oxygen atoms in total. The van der Waals surface area contributed by atoms with Crippen LogP contribution in [0.15, 0.2) is 69.7 Å². The van der Waals surface area contributed by atoms with Crippen LogP contribution >= 0.6 is 11.3 Å². The van der Waals surface area contributed by atoms with Gasteiger partial charge in [-0.25, -0.2) is 8.42 Å². The third-order valence-corrected chi connectivity index (χ3v) is 8.79. The number of nitrogens with zero attached hydrogens (tertiary/aromatic N) is 2. The normalized spacial score (nSPS) is 15.4. The Morgan fingerprint density at radius 1 is 1.06 bits per heavy atom. The van der Waals surface area contributed by atoms with Gasteiger partial charge in [0.1, 0.15) is 6.54 Å². The molecule has 0 atom stereocenters. The monoisotopic (exact) mass is 485 g/mol. The predicted molar refractivity (Wildman–Crippen MR) is 130 cm³/mol. The summed E-state index contributed by atoms with van der Waals surface area (Å²) < 4.78 is 29.1. The predicted octanol–water partition coefficient (Wildman–Crippen LogP) is 3.50. The van der Waals surface area contributed by atoms with Gasteiger partial charge < -0.3 is 5.32 Å². The summed E-state index contributed by atoms with van der Waals surface area (Å²) in [6.45, 7) is 2.71. The quantitative estimate of drug-likeness (QED) is 0.555. The van der Waals surface area contributed by atoms with Crippen molar-refractivity contribution in [2.45, 2.75) is 37.6 Å². The molecule has 1 aromatic heterocycles. The first-order valence-corrected chi connectivity index (χ1v) is 13.2. The van der Waals surface area contributed by atoms with Crippen LogP contribution in [-0.2, 0) is 27.8 Å². The molecule has 1 N–H and O–H groups in total. The summed E-state index contributed by atoms with van der Waals surface area (Å²) >= 11 is 1.05. The second kappa shape index (κ2) is 10.0. The Bertz CT molecular complexity index is 1260. The van der Waals surface area contributed by atoms with Crippen molar-refractivity contribution in [2.24, 2.45) is 5.92 Å². The molecule has 0 saturated carbocycles. The molecule has 1 fully saturated rings. The van der Waals surface area contributed by atoms with Crippen molar-refractivity contribution in [3.8, 4) is 0 Å². The van der Waals surface area contributed by atoms with E-state index in [0.717, 1.165) is 36.3 Å². The van der Waals surface area contributed by atoms with Crippen LogP contribution in [0.25, 0.3) is 0 Å². The Morgan fingerprint density at radius 3 is 2.33 bits per heavy atom. The smallest absolute Gasteiger partial charge is 0.307 e. The summed E-state index contributed by atoms with van der Waals surface area (Å²) in [5, 5.41) is 4.43. The number of carbonyl (C=O) groups is 1. The number of hydrogen-bond donors (Lipinski definition) is 1. The van der Waals surface area contributed by atoms with Crippen molar-refractivity contribution in [2.75, 3.05) is 18.4 Å². The lowest BCUT2D eigenvalue weighted by atomic mass is 9.91. The Balaban J connectivity index is 1.34. The van der Waals surface area contributed by atoms with E-state index in [1.54, 1.807) is 28.7 Å². The summed E-state index contributed by atoms with van der Waals surface area (Å²) in [6.07, 6.45) is 2.65. The molecule has 1 amide bonds. The maximum absolute atomic E-state index is 13.1. The van der Waals surface area contributed by atoms with E-state index in [1.165, 1.54) is 22.3 Å². The third-order valence-electron chi connectivity index (χ3n) is 5.99. The van der Waals surface area contributed by atoms with E-state index >= 15 is 0 Å². The molecule has 1 aliphatic heterocycles. The molecule has 9 heteroatoms. The molecule has 3 aromatic rings. The summed E-state index contributed by atoms with van der Waals surface area (Å²) in [5.74, 6) is 0.144. The fourth-order valence-electron chi connectivity index (χ4n) is 4.10. The van der Waals surface area contributed by atoms with Gasteiger partial charge in [-0.05, 0) is 61.9 Å². The number of thiazole rings is 1. The van der Waals surface area contributed by atoms with Crippen LogP contribution in [0, 0.1) is 12.8 Å². The summed E-state index contributed by atoms with van der Waals surface area (Å²) in [6, 6.07) is 16.5. The van der Waals surface area contributed by atoms with Crippen LogP contribution in [0.4, 0.5) is 5.69 Å². The number of nitrogens with one attached hydrogen (secondary N) is 1. The average Bonchev–Trinajstić information content (AvgIpc) is 3.12. The van der Waals surface area contributed by atoms with Gasteiger partial charge in [0.05, 0.1) is 4.90 Å². The van der Waals surface area contributed by atoms with Crippen LogP contribution in [0.3, 0.4) is 0 Å². The molecule has 1 saturated heterocycles. The molecule has 0 bridgehead atoms. The fourth-order valence-corrected chi connectivity index (χ4v) is 6.30. The zero-order chi connectivity index (χ0) is 23.4. The van der Waals surface area contributed by atoms with Crippen LogP contribution in [0.2, 0.25) is 0 Å². The van der Waals surface area contributed by atoms with Crippen LogP contribution in [-0.4, -0.2) is 36.3 Å². The van der Waals surface area contributed by atoms with E-state index in [4.69, 9.17) is 0 Å². The number of aryl methyl sites for hydroxylation is 1. The molecule has 1 aliphatic rings. The molecule has 2 heterocycles. The second-order valence-electron chi connectivity index (χ2n) is 8.34. The first kappa shape index (κ1) is 23.4. The van der Waals surface area contributed by atoms with Crippen molar-refractivity contribution in [1.29, 1.82) is 0 Å². The highest BCUT2D eigenvalue weighted by Crippen LogP contribution is 2.26. The highest BCUT2D eigenvalue weighted by molar-refractivity contribution is 7.89. The zero-order valence-electron chi connectivity index (χ0n) is 18.4. The maximum Gasteiger partial charge on any atom is 0.307 e. The minimum absolute atomic E-state index is 0.0772. The van der Waals surface area contributed by atoms with Gasteiger partial charge in [0.2, 0.25) is 15.9 Å². The zero-order valence-corrected chi connectivity index (χ0v) is 20.1. The summed E-state index contributed by atoms with van der Waals surface area (Å²) in [4.78, 5) is 24.1. The summed E-state index contributed by atoms with van der Waals surface area (Å²) in [7, 11) is -3.58. The van der Waals surface area contributed by atoms with E-state index in [0.29, 0.717) is 24.7 Å². The number of hydrogen-bond acceptors (Lipinski definition) is 5. The number of carbonyl (C=O) groups excluding carboxylic acids is 1. The molecule has 0 radical (unpaired) electrons. The van der Waals surface area contributed by atoms with Gasteiger partial charge in [-0.2, -0.15) is 4.31 Å². The first-order valence-electron chi connectivity index (χ1n) is 10.9. The Kier molecular flexibility index (Phi) is 7.11. The molecule has 4 rings (SSSR count).